The number of furan rings is 1. The Bertz CT molecular complexity index is 1560. The van der Waals surface area contributed by atoms with E-state index in [1.165, 1.54) is 12.1 Å². The maximum Gasteiger partial charge on any atom is 0.270 e. The van der Waals surface area contributed by atoms with Crippen molar-refractivity contribution in [3.05, 3.63) is 99.8 Å². The van der Waals surface area contributed by atoms with Crippen LogP contribution < -0.4 is 5.32 Å². The number of fused-ring (bicyclic) bond motifs is 4. The molecule has 4 aromatic rings. The molecule has 1 N–H and O–H groups in total. The molecule has 1 atom stereocenters. The Labute approximate surface area is 202 Å². The first kappa shape index (κ1) is 21.4. The van der Waals surface area contributed by atoms with Crippen LogP contribution in [0.3, 0.4) is 0 Å². The molecule has 0 saturated carbocycles. The van der Waals surface area contributed by atoms with Crippen LogP contribution in [0, 0.1) is 15.5 Å². The van der Waals surface area contributed by atoms with Gasteiger partial charge in [-0.15, -0.1) is 0 Å². The highest BCUT2D eigenvalue weighted by atomic mass is 16.6. The van der Waals surface area contributed by atoms with Gasteiger partial charge in [0.05, 0.1) is 4.92 Å². The van der Waals surface area contributed by atoms with Crippen molar-refractivity contribution in [1.82, 2.24) is 0 Å². The van der Waals surface area contributed by atoms with Gasteiger partial charge in [0.15, 0.2) is 5.78 Å². The number of nitro groups is 1. The third-order valence-electron chi connectivity index (χ3n) is 6.99. The van der Waals surface area contributed by atoms with Crippen LogP contribution in [-0.4, -0.2) is 10.7 Å². The van der Waals surface area contributed by atoms with E-state index in [-0.39, 0.29) is 22.9 Å². The quantitative estimate of drug-likeness (QED) is 0.254. The average molecular weight is 465 g/mol. The summed E-state index contributed by atoms with van der Waals surface area (Å²) >= 11 is 0. The molecule has 0 radical (unpaired) electrons. The zero-order valence-electron chi connectivity index (χ0n) is 19.5. The lowest BCUT2D eigenvalue weighted by molar-refractivity contribution is -0.384. The second kappa shape index (κ2) is 7.67. The highest BCUT2D eigenvalue weighted by Crippen LogP contribution is 2.52. The Morgan fingerprint density at radius 2 is 1.83 bits per heavy atom. The Morgan fingerprint density at radius 1 is 1.00 bits per heavy atom. The van der Waals surface area contributed by atoms with E-state index in [0.29, 0.717) is 23.5 Å². The zero-order chi connectivity index (χ0) is 24.3. The van der Waals surface area contributed by atoms with E-state index in [1.54, 1.807) is 12.1 Å². The van der Waals surface area contributed by atoms with Crippen LogP contribution in [0.2, 0.25) is 0 Å². The zero-order valence-corrected chi connectivity index (χ0v) is 19.5. The first-order chi connectivity index (χ1) is 16.8. The molecule has 1 aliphatic carbocycles. The predicted molar refractivity (Wildman–Crippen MR) is 136 cm³/mol. The van der Waals surface area contributed by atoms with Gasteiger partial charge < -0.3 is 9.73 Å². The van der Waals surface area contributed by atoms with Gasteiger partial charge >= 0.3 is 0 Å². The number of hydrogen-bond donors (Lipinski definition) is 1. The van der Waals surface area contributed by atoms with E-state index in [4.69, 9.17) is 4.42 Å². The van der Waals surface area contributed by atoms with E-state index < -0.39 is 4.92 Å². The molecule has 6 rings (SSSR count). The molecule has 1 aromatic heterocycles. The molecule has 0 unspecified atom stereocenters. The van der Waals surface area contributed by atoms with Crippen LogP contribution in [0.4, 0.5) is 11.4 Å². The van der Waals surface area contributed by atoms with Crippen molar-refractivity contribution in [1.29, 1.82) is 0 Å². The number of nitrogens with zero attached hydrogens (tertiary/aromatic N) is 1. The van der Waals surface area contributed by atoms with Gasteiger partial charge in [0.2, 0.25) is 0 Å². The summed E-state index contributed by atoms with van der Waals surface area (Å²) < 4.78 is 6.27. The van der Waals surface area contributed by atoms with Gasteiger partial charge in [0.25, 0.3) is 5.69 Å². The standard InChI is InChI=1S/C29H24N2O4/c1-29(2)15-21-27(23(32)16-29)26-20-9-4-3-6-17(20)10-11-22(26)30-28(21)25-13-12-24(35-25)18-7-5-8-19(14-18)31(33)34/h3-14,28,30H,15-16H2,1-2H3/t28-/m1/s1. The molecule has 2 aliphatic rings. The molecule has 0 fully saturated rings. The lowest BCUT2D eigenvalue weighted by atomic mass is 9.68. The van der Waals surface area contributed by atoms with Crippen molar-refractivity contribution in [2.75, 3.05) is 5.32 Å². The second-order valence-electron chi connectivity index (χ2n) is 10.1. The minimum Gasteiger partial charge on any atom is -0.459 e. The summed E-state index contributed by atoms with van der Waals surface area (Å²) in [5, 5.41) is 17.0. The highest BCUT2D eigenvalue weighted by molar-refractivity contribution is 6.28. The largest absolute Gasteiger partial charge is 0.459 e. The number of rotatable bonds is 3. The first-order valence-corrected chi connectivity index (χ1v) is 11.7. The summed E-state index contributed by atoms with van der Waals surface area (Å²) in [4.78, 5) is 24.4. The number of non-ortho nitro benzene ring substituents is 1. The number of hydrogen-bond acceptors (Lipinski definition) is 5. The normalized spacial score (nSPS) is 18.7. The Morgan fingerprint density at radius 3 is 2.66 bits per heavy atom. The number of allylic oxidation sites excluding steroid dienone is 1. The number of nitro benzene ring substituents is 1. The van der Waals surface area contributed by atoms with E-state index in [2.05, 4.69) is 37.4 Å². The fraction of sp³-hybridized carbons (Fsp3) is 0.207. The van der Waals surface area contributed by atoms with Crippen molar-refractivity contribution in [3.8, 4) is 11.3 Å². The fourth-order valence-electron chi connectivity index (χ4n) is 5.50. The summed E-state index contributed by atoms with van der Waals surface area (Å²) in [6.45, 7) is 4.25. The molecule has 0 amide bonds. The van der Waals surface area contributed by atoms with Crippen molar-refractivity contribution in [2.24, 2.45) is 5.41 Å². The van der Waals surface area contributed by atoms with Gasteiger partial charge in [-0.3, -0.25) is 14.9 Å². The topological polar surface area (TPSA) is 85.4 Å². The molecule has 6 heteroatoms. The minimum atomic E-state index is -0.413. The SMILES string of the molecule is CC1(C)CC(=O)C2=C(C1)[C@H](c1ccc(-c3cccc([N+](=O)[O-])c3)o1)Nc1ccc3ccccc3c12. The monoisotopic (exact) mass is 464 g/mol. The maximum absolute atomic E-state index is 13.6. The number of carbonyl (C=O) groups excluding carboxylic acids is 1. The third kappa shape index (κ3) is 3.53. The van der Waals surface area contributed by atoms with Crippen LogP contribution in [0.5, 0.6) is 0 Å². The minimum absolute atomic E-state index is 0.0154. The lowest BCUT2D eigenvalue weighted by Crippen LogP contribution is -2.32. The van der Waals surface area contributed by atoms with Gasteiger partial charge in [-0.05, 0) is 46.4 Å². The summed E-state index contributed by atoms with van der Waals surface area (Å²) in [7, 11) is 0. The fourth-order valence-corrected chi connectivity index (χ4v) is 5.50. The molecule has 0 saturated heterocycles. The molecular weight excluding hydrogens is 440 g/mol. The molecule has 3 aromatic carbocycles. The number of nitrogens with one attached hydrogen (secondary N) is 1. The van der Waals surface area contributed by atoms with Crippen LogP contribution in [0.15, 0.2) is 82.8 Å². The van der Waals surface area contributed by atoms with Gasteiger partial charge in [-0.2, -0.15) is 0 Å². The van der Waals surface area contributed by atoms with Crippen molar-refractivity contribution in [2.45, 2.75) is 32.7 Å². The van der Waals surface area contributed by atoms with E-state index in [1.807, 2.05) is 30.3 Å². The second-order valence-corrected chi connectivity index (χ2v) is 10.1. The Kier molecular flexibility index (Phi) is 4.68. The molecule has 1 aliphatic heterocycles. The van der Waals surface area contributed by atoms with Crippen LogP contribution in [0.25, 0.3) is 27.7 Å². The number of ketones is 1. The summed E-state index contributed by atoms with van der Waals surface area (Å²) in [6.07, 6.45) is 1.26. The molecule has 6 nitrogen and oxygen atoms in total. The highest BCUT2D eigenvalue weighted by Gasteiger charge is 2.41. The predicted octanol–water partition coefficient (Wildman–Crippen LogP) is 7.32. The van der Waals surface area contributed by atoms with E-state index in [9.17, 15) is 14.9 Å². The molecule has 0 spiro atoms. The van der Waals surface area contributed by atoms with Crippen molar-refractivity contribution >= 4 is 33.5 Å². The number of carbonyl (C=O) groups is 1. The Hall–Kier alpha value is -4.19. The van der Waals surface area contributed by atoms with Crippen molar-refractivity contribution in [3.63, 3.8) is 0 Å². The molecule has 2 heterocycles. The van der Waals surface area contributed by atoms with Crippen LogP contribution in [-0.2, 0) is 4.79 Å². The molecular formula is C29H24N2O4. The lowest BCUT2D eigenvalue weighted by Gasteiger charge is -2.39. The molecule has 35 heavy (non-hydrogen) atoms. The average Bonchev–Trinajstić information content (AvgIpc) is 3.32. The molecule has 0 bridgehead atoms. The summed E-state index contributed by atoms with van der Waals surface area (Å²) in [5.41, 5.74) is 4.22. The van der Waals surface area contributed by atoms with Gasteiger partial charge in [-0.25, -0.2) is 0 Å². The van der Waals surface area contributed by atoms with Crippen LogP contribution >= 0.6 is 0 Å². The number of anilines is 1. The van der Waals surface area contributed by atoms with E-state index >= 15 is 0 Å². The maximum atomic E-state index is 13.6. The smallest absolute Gasteiger partial charge is 0.270 e. The number of Topliss-reactive ketones (excluding diaryl/α,β-unsaturated/α-hetero) is 1. The third-order valence-corrected chi connectivity index (χ3v) is 6.99. The van der Waals surface area contributed by atoms with Gasteiger partial charge in [0, 0.05) is 40.9 Å². The van der Waals surface area contributed by atoms with Gasteiger partial charge in [-0.1, -0.05) is 56.3 Å². The Balaban J connectivity index is 1.50. The number of benzene rings is 3. The summed E-state index contributed by atoms with van der Waals surface area (Å²) in [6, 6.07) is 22.1. The van der Waals surface area contributed by atoms with Crippen molar-refractivity contribution < 1.29 is 14.1 Å². The first-order valence-electron chi connectivity index (χ1n) is 11.7. The van der Waals surface area contributed by atoms with Gasteiger partial charge in [0.1, 0.15) is 17.6 Å². The van der Waals surface area contributed by atoms with Crippen LogP contribution in [0.1, 0.15) is 44.1 Å². The molecule has 174 valence electrons. The summed E-state index contributed by atoms with van der Waals surface area (Å²) in [5.74, 6) is 1.40. The van der Waals surface area contributed by atoms with E-state index in [0.717, 1.165) is 39.6 Å².